The number of esters is 1. The molecule has 3 aromatic rings. The average Bonchev–Trinajstić information content (AvgIpc) is 3.64. The van der Waals surface area contributed by atoms with Gasteiger partial charge in [0.25, 0.3) is 0 Å². The van der Waals surface area contributed by atoms with Gasteiger partial charge in [0.2, 0.25) is 5.91 Å². The lowest BCUT2D eigenvalue weighted by Gasteiger charge is -2.30. The number of nitrogens with one attached hydrogen (secondary N) is 1. The smallest absolute Gasteiger partial charge is 0.306 e. The highest BCUT2D eigenvalue weighted by atomic mass is 28.3. The van der Waals surface area contributed by atoms with Crippen molar-refractivity contribution in [3.63, 3.8) is 0 Å². The van der Waals surface area contributed by atoms with E-state index in [4.69, 9.17) is 28.4 Å². The molecule has 0 bridgehead atoms. The fourth-order valence-corrected chi connectivity index (χ4v) is 10.1. The van der Waals surface area contributed by atoms with Gasteiger partial charge in [-0.25, -0.2) is 0 Å². The van der Waals surface area contributed by atoms with E-state index < -0.39 is 50.4 Å². The summed E-state index contributed by atoms with van der Waals surface area (Å²) in [5.41, 5.74) is 1.42. The first-order chi connectivity index (χ1) is 22.3. The Labute approximate surface area is 277 Å². The van der Waals surface area contributed by atoms with Crippen LogP contribution in [0.5, 0.6) is 0 Å². The van der Waals surface area contributed by atoms with Crippen LogP contribution in [0.2, 0.25) is 19.1 Å². The third-order valence-corrected chi connectivity index (χ3v) is 12.7. The predicted octanol–water partition coefficient (Wildman–Crippen LogP) is 5.52. The molecule has 3 fully saturated rings. The molecule has 1 N–H and O–H groups in total. The predicted molar refractivity (Wildman–Crippen MR) is 180 cm³/mol. The van der Waals surface area contributed by atoms with Gasteiger partial charge in [-0.3, -0.25) is 14.6 Å². The molecule has 2 aromatic carbocycles. The first kappa shape index (κ1) is 33.7. The van der Waals surface area contributed by atoms with Crippen LogP contribution < -0.4 is 10.5 Å². The van der Waals surface area contributed by atoms with Crippen molar-refractivity contribution >= 4 is 41.7 Å². The summed E-state index contributed by atoms with van der Waals surface area (Å²) in [6.45, 7) is 12.2. The van der Waals surface area contributed by atoms with Crippen LogP contribution in [-0.4, -0.2) is 73.8 Å². The topological polar surface area (TPSA) is 114 Å². The van der Waals surface area contributed by atoms with E-state index >= 15 is 0 Å². The Bertz CT molecular complexity index is 1580. The second kappa shape index (κ2) is 13.4. The lowest BCUT2D eigenvalue weighted by Crippen LogP contribution is -2.45. The molecule has 47 heavy (non-hydrogen) atoms. The second-order valence-corrected chi connectivity index (χ2v) is 19.1. The van der Waals surface area contributed by atoms with Crippen LogP contribution in [0.25, 0.3) is 10.9 Å². The number of fused-ring (bicyclic) bond motifs is 2. The molecule has 0 aliphatic carbocycles. The Morgan fingerprint density at radius 2 is 1.72 bits per heavy atom. The molecule has 3 aliphatic rings. The van der Waals surface area contributed by atoms with Crippen LogP contribution in [0, 0.1) is 5.92 Å². The minimum atomic E-state index is -1.96. The Kier molecular flexibility index (Phi) is 9.59. The fraction of sp³-hybridized carbons (Fsp3) is 0.528. The third kappa shape index (κ3) is 7.93. The molecule has 6 atom stereocenters. The Balaban J connectivity index is 1.15. The van der Waals surface area contributed by atoms with Gasteiger partial charge in [0.1, 0.15) is 12.2 Å². The summed E-state index contributed by atoms with van der Waals surface area (Å²) in [7, 11) is -1.96. The van der Waals surface area contributed by atoms with Crippen molar-refractivity contribution < 1.29 is 38.0 Å². The summed E-state index contributed by atoms with van der Waals surface area (Å²) < 4.78 is 36.3. The van der Waals surface area contributed by atoms with E-state index in [2.05, 4.69) is 47.7 Å². The van der Waals surface area contributed by atoms with Gasteiger partial charge >= 0.3 is 5.97 Å². The highest BCUT2D eigenvalue weighted by Gasteiger charge is 2.60. The summed E-state index contributed by atoms with van der Waals surface area (Å²) in [5, 5.41) is 5.36. The monoisotopic (exact) mass is 662 g/mol. The van der Waals surface area contributed by atoms with Crippen LogP contribution >= 0.6 is 0 Å². The third-order valence-electron chi connectivity index (χ3n) is 9.18. The van der Waals surface area contributed by atoms with Crippen LogP contribution in [0.1, 0.15) is 47.0 Å². The maximum atomic E-state index is 13.6. The minimum Gasteiger partial charge on any atom is -0.456 e. The molecule has 4 heterocycles. The van der Waals surface area contributed by atoms with Crippen molar-refractivity contribution in [2.45, 2.75) is 108 Å². The molecule has 252 valence electrons. The minimum absolute atomic E-state index is 0.0481. The zero-order chi connectivity index (χ0) is 33.4. The number of anilines is 1. The van der Waals surface area contributed by atoms with Gasteiger partial charge in [0.05, 0.1) is 25.9 Å². The van der Waals surface area contributed by atoms with Gasteiger partial charge in [0.15, 0.2) is 30.1 Å². The number of para-hydroxylation sites is 1. The van der Waals surface area contributed by atoms with Crippen molar-refractivity contribution in [3.8, 4) is 0 Å². The number of nitrogens with zero attached hydrogens (tertiary/aromatic N) is 1. The molecule has 11 heteroatoms. The van der Waals surface area contributed by atoms with Crippen LogP contribution in [0.3, 0.4) is 0 Å². The molecule has 6 rings (SSSR count). The Morgan fingerprint density at radius 1 is 0.957 bits per heavy atom. The highest BCUT2D eigenvalue weighted by molar-refractivity contribution is 6.89. The van der Waals surface area contributed by atoms with E-state index in [1.807, 2.05) is 64.1 Å². The highest BCUT2D eigenvalue weighted by Crippen LogP contribution is 2.42. The normalized spacial score (nSPS) is 27.0. The van der Waals surface area contributed by atoms with E-state index in [-0.39, 0.29) is 30.6 Å². The van der Waals surface area contributed by atoms with E-state index in [9.17, 15) is 9.59 Å². The largest absolute Gasteiger partial charge is 0.456 e. The van der Waals surface area contributed by atoms with E-state index in [0.29, 0.717) is 18.7 Å². The summed E-state index contributed by atoms with van der Waals surface area (Å²) in [6.07, 6.45) is -0.420. The lowest BCUT2D eigenvalue weighted by molar-refractivity contribution is -0.235. The van der Waals surface area contributed by atoms with Crippen molar-refractivity contribution in [1.29, 1.82) is 0 Å². The summed E-state index contributed by atoms with van der Waals surface area (Å²) in [4.78, 5) is 31.6. The molecule has 1 aromatic heterocycles. The standard InChI is InChI=1S/C36H46N2O8Si/c1-35(2)41-21-27(44-35)31-32(33-34(43-31)46-36(3,4)45-33)42-29(40)18-17-23(22-47(5,6)25-14-8-7-9-15-25)20-28(39)38-26-16-10-12-24-13-11-19-37-30(24)26/h7-16,19,23,27,31-34H,17-18,20-22H2,1-6H3,(H,38,39)/t23?,27-,31+,32-,33+,34+/m0/s1. The average molecular weight is 663 g/mol. The van der Waals surface area contributed by atoms with Crippen LogP contribution in [0.4, 0.5) is 5.69 Å². The number of pyridine rings is 1. The number of aromatic nitrogens is 1. The number of rotatable bonds is 11. The second-order valence-electron chi connectivity index (χ2n) is 14.4. The first-order valence-electron chi connectivity index (χ1n) is 16.5. The number of benzene rings is 2. The number of amides is 1. The number of carbonyl (C=O) groups excluding carboxylic acids is 2. The van der Waals surface area contributed by atoms with Gasteiger partial charge < -0.3 is 33.7 Å². The molecule has 3 aliphatic heterocycles. The van der Waals surface area contributed by atoms with Crippen molar-refractivity contribution in [2.24, 2.45) is 5.92 Å². The van der Waals surface area contributed by atoms with Gasteiger partial charge in [-0.1, -0.05) is 72.9 Å². The number of carbonyl (C=O) groups is 2. The molecule has 0 saturated carbocycles. The van der Waals surface area contributed by atoms with Crippen molar-refractivity contribution in [1.82, 2.24) is 4.98 Å². The maximum Gasteiger partial charge on any atom is 0.306 e. The van der Waals surface area contributed by atoms with E-state index in [1.165, 1.54) is 5.19 Å². The zero-order valence-corrected chi connectivity index (χ0v) is 29.1. The molecule has 0 spiro atoms. The maximum absolute atomic E-state index is 13.6. The molecule has 1 amide bonds. The quantitative estimate of drug-likeness (QED) is 0.210. The van der Waals surface area contributed by atoms with Crippen LogP contribution in [0.15, 0.2) is 66.9 Å². The number of hydrogen-bond donors (Lipinski definition) is 1. The summed E-state index contributed by atoms with van der Waals surface area (Å²) in [5.74, 6) is -2.17. The fourth-order valence-electron chi connectivity index (χ4n) is 7.02. The Morgan fingerprint density at radius 3 is 2.47 bits per heavy atom. The van der Waals surface area contributed by atoms with Gasteiger partial charge in [0, 0.05) is 24.4 Å². The van der Waals surface area contributed by atoms with Gasteiger partial charge in [-0.15, -0.1) is 0 Å². The SMILES string of the molecule is CC1(C)O[C@H]2O[C@H]([C@@H]3COC(C)(C)O3)[C@H](OC(=O)CCC(CC(=O)Nc3cccc4cccnc34)C[Si](C)(C)c3ccccc3)[C@H]2O1. The summed E-state index contributed by atoms with van der Waals surface area (Å²) >= 11 is 0. The van der Waals surface area contributed by atoms with Crippen LogP contribution in [-0.2, 0) is 38.0 Å². The molecular weight excluding hydrogens is 616 g/mol. The number of ether oxygens (including phenoxy) is 6. The molecule has 1 unspecified atom stereocenters. The zero-order valence-electron chi connectivity index (χ0n) is 28.1. The molecular formula is C36H46N2O8Si. The Hall–Kier alpha value is -3.19. The number of hydrogen-bond acceptors (Lipinski definition) is 9. The van der Waals surface area contributed by atoms with Crippen molar-refractivity contribution in [2.75, 3.05) is 11.9 Å². The van der Waals surface area contributed by atoms with E-state index in [0.717, 1.165) is 16.9 Å². The van der Waals surface area contributed by atoms with Gasteiger partial charge in [-0.2, -0.15) is 0 Å². The molecule has 0 radical (unpaired) electrons. The summed E-state index contributed by atoms with van der Waals surface area (Å²) in [6, 6.07) is 20.9. The molecule has 10 nitrogen and oxygen atoms in total. The van der Waals surface area contributed by atoms with Gasteiger partial charge in [-0.05, 0) is 52.2 Å². The first-order valence-corrected chi connectivity index (χ1v) is 19.7. The van der Waals surface area contributed by atoms with Crippen molar-refractivity contribution in [3.05, 3.63) is 66.9 Å². The lowest BCUT2D eigenvalue weighted by atomic mass is 10.0. The molecule has 3 saturated heterocycles. The van der Waals surface area contributed by atoms with E-state index in [1.54, 1.807) is 6.20 Å².